The first-order valence-electron chi connectivity index (χ1n) is 7.91. The lowest BCUT2D eigenvalue weighted by molar-refractivity contribution is -0.121. The fourth-order valence-corrected chi connectivity index (χ4v) is 4.27. The largest absolute Gasteiger partial charge is 0.354 e. The number of thiophene rings is 1. The molecule has 1 heterocycles. The van der Waals surface area contributed by atoms with E-state index in [0.29, 0.717) is 6.54 Å². The normalized spacial score (nSPS) is 12.9. The van der Waals surface area contributed by atoms with E-state index in [1.807, 2.05) is 36.5 Å². The van der Waals surface area contributed by atoms with E-state index in [2.05, 4.69) is 10.0 Å². The van der Waals surface area contributed by atoms with Crippen LogP contribution >= 0.6 is 11.3 Å². The van der Waals surface area contributed by atoms with Crippen molar-refractivity contribution in [1.29, 1.82) is 0 Å². The molecule has 6 nitrogen and oxygen atoms in total. The Morgan fingerprint density at radius 3 is 2.48 bits per heavy atom. The van der Waals surface area contributed by atoms with Crippen LogP contribution in [0.25, 0.3) is 0 Å². The standard InChI is InChI=1S/C17H23N3O3S2/c1-20(2)15(16-9-6-12-24-16)13-18-17(21)10-11-19-25(22,23)14-7-4-3-5-8-14/h3-9,12,15,19H,10-11,13H2,1-2H3,(H,18,21). The number of nitrogens with one attached hydrogen (secondary N) is 2. The van der Waals surface area contributed by atoms with Crippen LogP contribution < -0.4 is 10.0 Å². The lowest BCUT2D eigenvalue weighted by Gasteiger charge is -2.23. The molecule has 0 aliphatic rings. The molecule has 8 heteroatoms. The molecule has 0 fully saturated rings. The molecule has 0 radical (unpaired) electrons. The summed E-state index contributed by atoms with van der Waals surface area (Å²) in [6, 6.07) is 12.2. The zero-order valence-electron chi connectivity index (χ0n) is 14.3. The molecule has 0 spiro atoms. The summed E-state index contributed by atoms with van der Waals surface area (Å²) in [5.74, 6) is -0.181. The van der Waals surface area contributed by atoms with Gasteiger partial charge in [0.05, 0.1) is 10.9 Å². The van der Waals surface area contributed by atoms with Gasteiger partial charge >= 0.3 is 0 Å². The van der Waals surface area contributed by atoms with Crippen LogP contribution in [-0.2, 0) is 14.8 Å². The number of hydrogen-bond acceptors (Lipinski definition) is 5. The second-order valence-electron chi connectivity index (χ2n) is 5.76. The second-order valence-corrected chi connectivity index (χ2v) is 8.51. The van der Waals surface area contributed by atoms with Gasteiger partial charge in [0.15, 0.2) is 0 Å². The molecule has 136 valence electrons. The van der Waals surface area contributed by atoms with Gasteiger partial charge in [-0.2, -0.15) is 0 Å². The van der Waals surface area contributed by atoms with E-state index in [-0.39, 0.29) is 29.8 Å². The van der Waals surface area contributed by atoms with Crippen molar-refractivity contribution in [3.63, 3.8) is 0 Å². The number of rotatable bonds is 9. The molecule has 0 saturated carbocycles. The quantitative estimate of drug-likeness (QED) is 0.695. The van der Waals surface area contributed by atoms with Crippen LogP contribution in [0.2, 0.25) is 0 Å². The number of benzene rings is 1. The van der Waals surface area contributed by atoms with Crippen LogP contribution in [0.4, 0.5) is 0 Å². The first kappa shape index (κ1) is 19.6. The summed E-state index contributed by atoms with van der Waals surface area (Å²) in [7, 11) is 0.353. The maximum Gasteiger partial charge on any atom is 0.240 e. The minimum absolute atomic E-state index is 0.0642. The van der Waals surface area contributed by atoms with E-state index in [0.717, 1.165) is 0 Å². The van der Waals surface area contributed by atoms with Gasteiger partial charge in [0.25, 0.3) is 0 Å². The minimum Gasteiger partial charge on any atom is -0.354 e. The third-order valence-electron chi connectivity index (χ3n) is 3.69. The fourth-order valence-electron chi connectivity index (χ4n) is 2.30. The number of amides is 1. The van der Waals surface area contributed by atoms with Crippen molar-refractivity contribution in [3.05, 3.63) is 52.7 Å². The Bertz CT molecular complexity index is 760. The summed E-state index contributed by atoms with van der Waals surface area (Å²) in [6.45, 7) is 0.548. The molecule has 2 aromatic rings. The van der Waals surface area contributed by atoms with Gasteiger partial charge in [-0.3, -0.25) is 4.79 Å². The molecular weight excluding hydrogens is 358 g/mol. The number of carbonyl (C=O) groups is 1. The molecule has 1 aromatic carbocycles. The minimum atomic E-state index is -3.57. The van der Waals surface area contributed by atoms with E-state index in [9.17, 15) is 13.2 Å². The molecule has 0 aliphatic heterocycles. The third kappa shape index (κ3) is 5.93. The summed E-state index contributed by atoms with van der Waals surface area (Å²) in [5, 5.41) is 4.88. The average Bonchev–Trinajstić information content (AvgIpc) is 3.09. The predicted octanol–water partition coefficient (Wildman–Crippen LogP) is 1.84. The molecule has 1 amide bonds. The van der Waals surface area contributed by atoms with Gasteiger partial charge in [0, 0.05) is 24.4 Å². The van der Waals surface area contributed by atoms with E-state index in [4.69, 9.17) is 0 Å². The van der Waals surface area contributed by atoms with Crippen molar-refractivity contribution in [3.8, 4) is 0 Å². The first-order valence-corrected chi connectivity index (χ1v) is 10.3. The molecular formula is C17H23N3O3S2. The highest BCUT2D eigenvalue weighted by atomic mass is 32.2. The first-order chi connectivity index (χ1) is 11.9. The van der Waals surface area contributed by atoms with E-state index in [1.54, 1.807) is 29.5 Å². The summed E-state index contributed by atoms with van der Waals surface area (Å²) in [5.41, 5.74) is 0. The maximum absolute atomic E-state index is 12.1. The summed E-state index contributed by atoms with van der Waals surface area (Å²) in [4.78, 5) is 15.4. The Balaban J connectivity index is 1.79. The zero-order valence-corrected chi connectivity index (χ0v) is 15.9. The highest BCUT2D eigenvalue weighted by Gasteiger charge is 2.17. The van der Waals surface area contributed by atoms with Crippen LogP contribution in [0, 0.1) is 0 Å². The van der Waals surface area contributed by atoms with Crippen molar-refractivity contribution in [2.24, 2.45) is 0 Å². The zero-order chi connectivity index (χ0) is 18.3. The fraction of sp³-hybridized carbons (Fsp3) is 0.353. The molecule has 1 atom stereocenters. The molecule has 1 unspecified atom stereocenters. The van der Waals surface area contributed by atoms with Crippen LogP contribution in [-0.4, -0.2) is 46.4 Å². The van der Waals surface area contributed by atoms with Crippen molar-refractivity contribution < 1.29 is 13.2 Å². The van der Waals surface area contributed by atoms with Gasteiger partial charge in [-0.25, -0.2) is 13.1 Å². The number of likely N-dealkylation sites (N-methyl/N-ethyl adjacent to an activating group) is 1. The molecule has 1 aromatic heterocycles. The maximum atomic E-state index is 12.1. The molecule has 0 aliphatic carbocycles. The predicted molar refractivity (Wildman–Crippen MR) is 100 cm³/mol. The van der Waals surface area contributed by atoms with Crippen molar-refractivity contribution in [2.45, 2.75) is 17.4 Å². The highest BCUT2D eigenvalue weighted by molar-refractivity contribution is 7.89. The van der Waals surface area contributed by atoms with E-state index in [1.165, 1.54) is 17.0 Å². The second kappa shape index (κ2) is 9.10. The molecule has 0 saturated heterocycles. The van der Waals surface area contributed by atoms with Crippen molar-refractivity contribution in [1.82, 2.24) is 14.9 Å². The van der Waals surface area contributed by atoms with Crippen LogP contribution in [0.3, 0.4) is 0 Å². The molecule has 0 bridgehead atoms. The van der Waals surface area contributed by atoms with E-state index < -0.39 is 10.0 Å². The van der Waals surface area contributed by atoms with Gasteiger partial charge in [0.2, 0.25) is 15.9 Å². The molecule has 2 rings (SSSR count). The molecule has 25 heavy (non-hydrogen) atoms. The summed E-state index contributed by atoms with van der Waals surface area (Å²) >= 11 is 1.65. The van der Waals surface area contributed by atoms with Gasteiger partial charge in [0.1, 0.15) is 0 Å². The Labute approximate surface area is 152 Å². The lowest BCUT2D eigenvalue weighted by atomic mass is 10.2. The van der Waals surface area contributed by atoms with Gasteiger partial charge in [-0.1, -0.05) is 24.3 Å². The lowest BCUT2D eigenvalue weighted by Crippen LogP contribution is -2.36. The van der Waals surface area contributed by atoms with Crippen LogP contribution in [0.15, 0.2) is 52.7 Å². The Kier molecular flexibility index (Phi) is 7.12. The topological polar surface area (TPSA) is 78.5 Å². The summed E-state index contributed by atoms with van der Waals surface area (Å²) < 4.78 is 26.6. The number of carbonyl (C=O) groups excluding carboxylic acids is 1. The Morgan fingerprint density at radius 1 is 1.16 bits per heavy atom. The highest BCUT2D eigenvalue weighted by Crippen LogP contribution is 2.22. The van der Waals surface area contributed by atoms with Gasteiger partial charge in [-0.15, -0.1) is 11.3 Å². The van der Waals surface area contributed by atoms with Crippen molar-refractivity contribution in [2.75, 3.05) is 27.2 Å². The smallest absolute Gasteiger partial charge is 0.240 e. The summed E-state index contributed by atoms with van der Waals surface area (Å²) in [6.07, 6.45) is 0.0939. The molecule has 2 N–H and O–H groups in total. The Hall–Kier alpha value is -1.74. The number of hydrogen-bond donors (Lipinski definition) is 2. The van der Waals surface area contributed by atoms with Gasteiger partial charge < -0.3 is 10.2 Å². The van der Waals surface area contributed by atoms with Gasteiger partial charge in [-0.05, 0) is 37.7 Å². The number of nitrogens with zero attached hydrogens (tertiary/aromatic N) is 1. The average molecular weight is 382 g/mol. The third-order valence-corrected chi connectivity index (χ3v) is 6.14. The monoisotopic (exact) mass is 381 g/mol. The van der Waals surface area contributed by atoms with Crippen LogP contribution in [0.1, 0.15) is 17.3 Å². The SMILES string of the molecule is CN(C)C(CNC(=O)CCNS(=O)(=O)c1ccccc1)c1cccs1. The Morgan fingerprint density at radius 2 is 1.88 bits per heavy atom. The van der Waals surface area contributed by atoms with E-state index >= 15 is 0 Å². The number of sulfonamides is 1. The van der Waals surface area contributed by atoms with Crippen molar-refractivity contribution >= 4 is 27.3 Å². The van der Waals surface area contributed by atoms with Crippen LogP contribution in [0.5, 0.6) is 0 Å².